The van der Waals surface area contributed by atoms with Crippen molar-refractivity contribution in [2.75, 3.05) is 9.80 Å². The van der Waals surface area contributed by atoms with Crippen LogP contribution >= 0.6 is 0 Å². The molecule has 0 fully saturated rings. The van der Waals surface area contributed by atoms with Crippen molar-refractivity contribution in [1.82, 2.24) is 0 Å². The first-order chi connectivity index (χ1) is 20.8. The van der Waals surface area contributed by atoms with Crippen LogP contribution in [0.15, 0.2) is 103 Å². The van der Waals surface area contributed by atoms with Crippen molar-refractivity contribution in [3.8, 4) is 0 Å². The third-order valence-corrected chi connectivity index (χ3v) is 8.19. The highest BCUT2D eigenvalue weighted by atomic mass is 16.4. The van der Waals surface area contributed by atoms with Crippen molar-refractivity contribution in [1.29, 1.82) is 0 Å². The van der Waals surface area contributed by atoms with Gasteiger partial charge in [0.1, 0.15) is 0 Å². The van der Waals surface area contributed by atoms with Crippen molar-refractivity contribution in [3.63, 3.8) is 0 Å². The van der Waals surface area contributed by atoms with E-state index in [1.54, 1.807) is 6.07 Å². The zero-order valence-corrected chi connectivity index (χ0v) is 22.2. The molecule has 8 nitrogen and oxygen atoms in total. The molecule has 0 saturated heterocycles. The number of hydrogen-bond acceptors (Lipinski definition) is 5. The highest BCUT2D eigenvalue weighted by Crippen LogP contribution is 2.40. The van der Waals surface area contributed by atoms with Gasteiger partial charge in [0.05, 0.1) is 16.9 Å². The van der Waals surface area contributed by atoms with Crippen LogP contribution in [0.3, 0.4) is 0 Å². The van der Waals surface area contributed by atoms with Gasteiger partial charge in [0.15, 0.2) is 0 Å². The van der Waals surface area contributed by atoms with E-state index in [0.29, 0.717) is 5.69 Å². The summed E-state index contributed by atoms with van der Waals surface area (Å²) in [6.07, 6.45) is 0. The molecule has 0 spiro atoms. The monoisotopic (exact) mass is 562 g/mol. The quantitative estimate of drug-likeness (QED) is 0.196. The molecule has 2 heterocycles. The molecular weight excluding hydrogens is 544 g/mol. The summed E-state index contributed by atoms with van der Waals surface area (Å²) in [4.78, 5) is 68.7. The Morgan fingerprint density at radius 3 is 1.44 bits per heavy atom. The van der Waals surface area contributed by atoms with Crippen LogP contribution in [-0.4, -0.2) is 34.7 Å². The average molecular weight is 563 g/mol. The van der Waals surface area contributed by atoms with Crippen molar-refractivity contribution < 1.29 is 29.1 Å². The Bertz CT molecular complexity index is 2250. The van der Waals surface area contributed by atoms with E-state index in [9.17, 15) is 29.1 Å². The first-order valence-corrected chi connectivity index (χ1v) is 13.4. The summed E-state index contributed by atoms with van der Waals surface area (Å²) in [5.41, 5.74) is 1.13. The molecule has 0 aromatic heterocycles. The van der Waals surface area contributed by atoms with Crippen LogP contribution in [0.25, 0.3) is 32.3 Å². The average Bonchev–Trinajstić information content (AvgIpc) is 3.01. The molecular formula is C35H18N2O6. The number of rotatable bonds is 3. The van der Waals surface area contributed by atoms with Gasteiger partial charge in [0.25, 0.3) is 23.6 Å². The first-order valence-electron chi connectivity index (χ1n) is 13.4. The minimum Gasteiger partial charge on any atom is -0.478 e. The maximum atomic E-state index is 13.9. The lowest BCUT2D eigenvalue weighted by Crippen LogP contribution is -2.43. The molecule has 0 unspecified atom stereocenters. The summed E-state index contributed by atoms with van der Waals surface area (Å²) in [5, 5.41) is 13.9. The molecule has 2 aliphatic heterocycles. The van der Waals surface area contributed by atoms with Crippen LogP contribution < -0.4 is 9.80 Å². The standard InChI is InChI=1S/C35H18N2O6/c38-31-25-10-12-27-30-28(13-11-26(29(25)30)32(39)36(31)23-7-3-6-21(16-23)35(42)43)34(41)37(33(27)40)24-9-8-20-14-18-4-1-2-5-19(18)15-22(20)17-24/h1-17H,(H,42,43). The smallest absolute Gasteiger partial charge is 0.335 e. The van der Waals surface area contributed by atoms with Crippen molar-refractivity contribution >= 4 is 73.3 Å². The predicted octanol–water partition coefficient (Wildman–Crippen LogP) is 6.45. The second kappa shape index (κ2) is 8.67. The van der Waals surface area contributed by atoms with Crippen LogP contribution in [0, 0.1) is 0 Å². The third-order valence-electron chi connectivity index (χ3n) is 8.19. The lowest BCUT2D eigenvalue weighted by atomic mass is 9.85. The van der Waals surface area contributed by atoms with Gasteiger partial charge >= 0.3 is 5.97 Å². The largest absolute Gasteiger partial charge is 0.478 e. The summed E-state index contributed by atoms with van der Waals surface area (Å²) in [6.45, 7) is 0. The maximum Gasteiger partial charge on any atom is 0.335 e. The van der Waals surface area contributed by atoms with Crippen molar-refractivity contribution in [2.45, 2.75) is 0 Å². The molecule has 43 heavy (non-hydrogen) atoms. The van der Waals surface area contributed by atoms with Gasteiger partial charge in [-0.3, -0.25) is 19.2 Å². The number of carbonyl (C=O) groups excluding carboxylic acids is 4. The Labute approximate surface area is 243 Å². The van der Waals surface area contributed by atoms with E-state index in [1.807, 2.05) is 42.5 Å². The number of anilines is 2. The second-order valence-electron chi connectivity index (χ2n) is 10.5. The number of carboxylic acids is 1. The van der Waals surface area contributed by atoms with E-state index < -0.39 is 29.6 Å². The molecule has 6 aromatic carbocycles. The van der Waals surface area contributed by atoms with Gasteiger partial charge in [-0.2, -0.15) is 0 Å². The minimum absolute atomic E-state index is 0.0766. The second-order valence-corrected chi connectivity index (χ2v) is 10.5. The first kappa shape index (κ1) is 24.6. The Balaban J connectivity index is 1.26. The Morgan fingerprint density at radius 1 is 0.465 bits per heavy atom. The van der Waals surface area contributed by atoms with Gasteiger partial charge in [0, 0.05) is 33.0 Å². The number of imide groups is 2. The van der Waals surface area contributed by atoms with Crippen molar-refractivity contribution in [3.05, 3.63) is 131 Å². The molecule has 8 rings (SSSR count). The highest BCUT2D eigenvalue weighted by Gasteiger charge is 2.40. The van der Waals surface area contributed by atoms with E-state index in [0.717, 1.165) is 31.3 Å². The summed E-state index contributed by atoms with van der Waals surface area (Å²) < 4.78 is 0. The van der Waals surface area contributed by atoms with E-state index in [4.69, 9.17) is 0 Å². The van der Waals surface area contributed by atoms with E-state index >= 15 is 0 Å². The molecule has 4 amide bonds. The molecule has 8 heteroatoms. The zero-order valence-electron chi connectivity index (χ0n) is 22.2. The van der Waals surface area contributed by atoms with Gasteiger partial charge in [-0.05, 0) is 88.3 Å². The van der Waals surface area contributed by atoms with E-state index in [2.05, 4.69) is 6.07 Å². The molecule has 204 valence electrons. The molecule has 6 aromatic rings. The lowest BCUT2D eigenvalue weighted by molar-refractivity contribution is 0.0694. The van der Waals surface area contributed by atoms with E-state index in [-0.39, 0.29) is 44.3 Å². The van der Waals surface area contributed by atoms with E-state index in [1.165, 1.54) is 48.5 Å². The molecule has 0 atom stereocenters. The predicted molar refractivity (Wildman–Crippen MR) is 161 cm³/mol. The number of carboxylic acid groups (broad SMARTS) is 1. The molecule has 0 radical (unpaired) electrons. The molecule has 0 saturated carbocycles. The third kappa shape index (κ3) is 3.40. The number of fused-ring (bicyclic) bond motifs is 2. The summed E-state index contributed by atoms with van der Waals surface area (Å²) in [7, 11) is 0. The van der Waals surface area contributed by atoms with Crippen molar-refractivity contribution in [2.24, 2.45) is 0 Å². The molecule has 2 aliphatic rings. The number of hydrogen-bond donors (Lipinski definition) is 1. The van der Waals surface area contributed by atoms with Gasteiger partial charge in [0.2, 0.25) is 0 Å². The fraction of sp³-hybridized carbons (Fsp3) is 0. The Morgan fingerprint density at radius 2 is 0.930 bits per heavy atom. The van der Waals surface area contributed by atoms with Gasteiger partial charge in [-0.15, -0.1) is 0 Å². The fourth-order valence-corrected chi connectivity index (χ4v) is 6.19. The fourth-order valence-electron chi connectivity index (χ4n) is 6.19. The van der Waals surface area contributed by atoms with Crippen LogP contribution in [0.2, 0.25) is 0 Å². The summed E-state index contributed by atoms with van der Waals surface area (Å²) in [5.74, 6) is -3.66. The highest BCUT2D eigenvalue weighted by molar-refractivity contribution is 6.42. The lowest BCUT2D eigenvalue weighted by Gasteiger charge is -2.32. The van der Waals surface area contributed by atoms with Gasteiger partial charge in [-0.1, -0.05) is 36.4 Å². The van der Waals surface area contributed by atoms with Crippen LogP contribution in [0.1, 0.15) is 51.8 Å². The molecule has 0 bridgehead atoms. The Hall–Kier alpha value is -6.15. The molecule has 1 N–H and O–H groups in total. The summed E-state index contributed by atoms with van der Waals surface area (Å²) in [6, 6.07) is 28.9. The zero-order chi connectivity index (χ0) is 29.6. The summed E-state index contributed by atoms with van der Waals surface area (Å²) >= 11 is 0. The number of nitrogens with zero attached hydrogens (tertiary/aromatic N) is 2. The van der Waals surface area contributed by atoms with Gasteiger partial charge in [-0.25, -0.2) is 14.6 Å². The normalized spacial score (nSPS) is 14.3. The number of carbonyl (C=O) groups is 5. The topological polar surface area (TPSA) is 112 Å². The molecule has 0 aliphatic carbocycles. The van der Waals surface area contributed by atoms with Crippen LogP contribution in [0.4, 0.5) is 11.4 Å². The Kier molecular flexibility index (Phi) is 4.97. The van der Waals surface area contributed by atoms with Gasteiger partial charge < -0.3 is 5.11 Å². The number of aromatic carboxylic acids is 1. The minimum atomic E-state index is -1.20. The van der Waals surface area contributed by atoms with Crippen LogP contribution in [-0.2, 0) is 0 Å². The SMILES string of the molecule is O=C(O)c1cccc(N2C(=O)c3ccc4c5c(ccc(c35)C2=O)C(=O)N(c2ccc3cc5ccccc5cc3c2)C4=O)c1. The maximum absolute atomic E-state index is 13.9. The van der Waals surface area contributed by atoms with Crippen LogP contribution in [0.5, 0.6) is 0 Å². The number of amides is 4. The number of benzene rings is 6.